The van der Waals surface area contributed by atoms with E-state index in [1.54, 1.807) is 67.1 Å². The van der Waals surface area contributed by atoms with Crippen molar-refractivity contribution in [1.29, 1.82) is 0 Å². The Bertz CT molecular complexity index is 1470. The van der Waals surface area contributed by atoms with Crippen molar-refractivity contribution in [3.63, 3.8) is 0 Å². The van der Waals surface area contributed by atoms with Gasteiger partial charge in [0.05, 0.1) is 50.1 Å². The first-order valence-electron chi connectivity index (χ1n) is 12.5. The summed E-state index contributed by atoms with van der Waals surface area (Å²) in [6, 6.07) is 6.47. The first-order chi connectivity index (χ1) is 18.6. The van der Waals surface area contributed by atoms with Crippen molar-refractivity contribution in [3.05, 3.63) is 48.7 Å². The number of nitrogens with zero attached hydrogens (tertiary/aromatic N) is 6. The minimum Gasteiger partial charge on any atom is -0.497 e. The lowest BCUT2D eigenvalue weighted by molar-refractivity contribution is -0.120. The zero-order chi connectivity index (χ0) is 28.2. The number of fused-ring (bicyclic) bond motifs is 1. The van der Waals surface area contributed by atoms with Crippen LogP contribution in [0.4, 0.5) is 15.9 Å². The quantitative estimate of drug-likeness (QED) is 0.296. The minimum atomic E-state index is -0.924. The lowest BCUT2D eigenvalue weighted by atomic mass is 10.1. The molecule has 0 aliphatic carbocycles. The molecule has 1 aromatic carbocycles. The van der Waals surface area contributed by atoms with Crippen LogP contribution in [0.2, 0.25) is 0 Å². The summed E-state index contributed by atoms with van der Waals surface area (Å²) in [4.78, 5) is 27.3. The van der Waals surface area contributed by atoms with Crippen LogP contribution >= 0.6 is 0 Å². The Labute approximate surface area is 225 Å². The summed E-state index contributed by atoms with van der Waals surface area (Å²) in [7, 11) is 2.86. The van der Waals surface area contributed by atoms with Crippen LogP contribution in [-0.2, 0) is 11.3 Å². The van der Waals surface area contributed by atoms with Crippen LogP contribution in [0, 0.1) is 5.82 Å². The average molecular weight is 538 g/mol. The number of benzene rings is 1. The smallest absolute Gasteiger partial charge is 0.219 e. The number of rotatable bonds is 11. The number of methoxy groups -OCH3 is 2. The maximum Gasteiger partial charge on any atom is 0.219 e. The molecule has 0 unspecified atom stereocenters. The number of aromatic nitrogens is 5. The Morgan fingerprint density at radius 1 is 1.18 bits per heavy atom. The van der Waals surface area contributed by atoms with Gasteiger partial charge in [-0.25, -0.2) is 14.4 Å². The van der Waals surface area contributed by atoms with Crippen molar-refractivity contribution in [2.24, 2.45) is 0 Å². The van der Waals surface area contributed by atoms with E-state index in [2.05, 4.69) is 20.4 Å². The molecule has 12 heteroatoms. The summed E-state index contributed by atoms with van der Waals surface area (Å²) in [6.45, 7) is 5.95. The first-order valence-corrected chi connectivity index (χ1v) is 12.5. The van der Waals surface area contributed by atoms with Gasteiger partial charge in [0.2, 0.25) is 5.91 Å². The molecule has 0 fully saturated rings. The number of carbonyl (C=O) groups excluding carboxylic acids is 1. The van der Waals surface area contributed by atoms with E-state index >= 15 is 4.39 Å². The Hall–Kier alpha value is -4.32. The number of aliphatic hydroxyl groups is 1. The molecule has 1 amide bonds. The van der Waals surface area contributed by atoms with Crippen molar-refractivity contribution in [2.75, 3.05) is 32.2 Å². The molecule has 0 aliphatic rings. The molecule has 0 atom stereocenters. The van der Waals surface area contributed by atoms with Gasteiger partial charge in [-0.05, 0) is 26.0 Å². The van der Waals surface area contributed by atoms with Gasteiger partial charge in [-0.1, -0.05) is 6.92 Å². The summed E-state index contributed by atoms with van der Waals surface area (Å²) >= 11 is 0. The van der Waals surface area contributed by atoms with Gasteiger partial charge in [-0.15, -0.1) is 0 Å². The van der Waals surface area contributed by atoms with Crippen LogP contribution in [0.3, 0.4) is 0 Å². The fraction of sp³-hybridized carbons (Fsp3) is 0.370. The summed E-state index contributed by atoms with van der Waals surface area (Å²) < 4.78 is 27.7. The van der Waals surface area contributed by atoms with Crippen LogP contribution in [0.15, 0.2) is 42.9 Å². The molecule has 0 saturated heterocycles. The Morgan fingerprint density at radius 3 is 2.67 bits per heavy atom. The minimum absolute atomic E-state index is 0.0119. The number of anilines is 2. The van der Waals surface area contributed by atoms with Crippen molar-refractivity contribution < 1.29 is 23.8 Å². The molecule has 4 rings (SSSR count). The van der Waals surface area contributed by atoms with Crippen LogP contribution in [0.1, 0.15) is 27.2 Å². The van der Waals surface area contributed by atoms with Gasteiger partial charge in [-0.2, -0.15) is 5.10 Å². The van der Waals surface area contributed by atoms with Crippen LogP contribution in [0.5, 0.6) is 11.5 Å². The number of halogens is 1. The van der Waals surface area contributed by atoms with E-state index in [0.29, 0.717) is 47.0 Å². The topological polar surface area (TPSA) is 128 Å². The van der Waals surface area contributed by atoms with E-state index in [9.17, 15) is 9.90 Å². The standard InChI is InChI=1S/C27H32FN7O4/c1-6-24(36)29-9-10-35(21-11-18(38-4)12-22(39-5)25(21)28)23-8-7-19-26(33-23)32-20(14-30-19)17-13-31-34(15-17)16-27(2,3)37/h7-8,11-15,37H,6,9-10,16H2,1-5H3,(H,29,36). The lowest BCUT2D eigenvalue weighted by Crippen LogP contribution is -2.33. The second-order valence-corrected chi connectivity index (χ2v) is 9.52. The molecule has 2 N–H and O–H groups in total. The van der Waals surface area contributed by atoms with Crippen molar-refractivity contribution in [2.45, 2.75) is 39.3 Å². The maximum absolute atomic E-state index is 15.5. The molecule has 0 radical (unpaired) electrons. The molecule has 4 aromatic rings. The van der Waals surface area contributed by atoms with E-state index in [-0.39, 0.29) is 30.4 Å². The third kappa shape index (κ3) is 6.58. The summed E-state index contributed by atoms with van der Waals surface area (Å²) in [5.74, 6) is 0.0908. The summed E-state index contributed by atoms with van der Waals surface area (Å²) in [5, 5.41) is 17.2. The second-order valence-electron chi connectivity index (χ2n) is 9.52. The number of hydrogen-bond donors (Lipinski definition) is 2. The molecule has 0 aliphatic heterocycles. The summed E-state index contributed by atoms with van der Waals surface area (Å²) in [5.41, 5.74) is 1.40. The summed E-state index contributed by atoms with van der Waals surface area (Å²) in [6.07, 6.45) is 5.38. The fourth-order valence-corrected chi connectivity index (χ4v) is 3.97. The predicted molar refractivity (Wildman–Crippen MR) is 145 cm³/mol. The number of ether oxygens (including phenoxy) is 2. The third-order valence-electron chi connectivity index (χ3n) is 5.87. The highest BCUT2D eigenvalue weighted by atomic mass is 19.1. The predicted octanol–water partition coefficient (Wildman–Crippen LogP) is 3.48. The van der Waals surface area contributed by atoms with Gasteiger partial charge in [-0.3, -0.25) is 14.5 Å². The maximum atomic E-state index is 15.5. The highest BCUT2D eigenvalue weighted by Crippen LogP contribution is 2.36. The zero-order valence-electron chi connectivity index (χ0n) is 22.6. The Morgan fingerprint density at radius 2 is 1.97 bits per heavy atom. The van der Waals surface area contributed by atoms with E-state index in [4.69, 9.17) is 14.5 Å². The van der Waals surface area contributed by atoms with Gasteiger partial charge in [0.25, 0.3) is 0 Å². The number of carbonyl (C=O) groups is 1. The zero-order valence-corrected chi connectivity index (χ0v) is 22.6. The van der Waals surface area contributed by atoms with E-state index in [1.165, 1.54) is 20.3 Å². The highest BCUT2D eigenvalue weighted by Gasteiger charge is 2.21. The second kappa shape index (κ2) is 11.6. The average Bonchev–Trinajstić information content (AvgIpc) is 3.37. The Kier molecular flexibility index (Phi) is 8.24. The normalized spacial score (nSPS) is 11.5. The van der Waals surface area contributed by atoms with Gasteiger partial charge in [0, 0.05) is 43.4 Å². The Balaban J connectivity index is 1.74. The molecule has 3 aromatic heterocycles. The largest absolute Gasteiger partial charge is 0.497 e. The number of nitrogens with one attached hydrogen (secondary N) is 1. The molecule has 0 saturated carbocycles. The number of hydrogen-bond acceptors (Lipinski definition) is 9. The van der Waals surface area contributed by atoms with Crippen molar-refractivity contribution >= 4 is 28.6 Å². The lowest BCUT2D eigenvalue weighted by Gasteiger charge is -2.26. The van der Waals surface area contributed by atoms with Crippen LogP contribution < -0.4 is 19.7 Å². The van der Waals surface area contributed by atoms with E-state index in [0.717, 1.165) is 0 Å². The monoisotopic (exact) mass is 537 g/mol. The SMILES string of the molecule is CCC(=O)NCCN(c1ccc2ncc(-c3cnn(CC(C)(C)O)c3)nc2n1)c1cc(OC)cc(OC)c1F. The van der Waals surface area contributed by atoms with Crippen LogP contribution in [-0.4, -0.2) is 68.7 Å². The first kappa shape index (κ1) is 27.7. The molecule has 0 bridgehead atoms. The number of pyridine rings is 1. The van der Waals surface area contributed by atoms with E-state index < -0.39 is 11.4 Å². The van der Waals surface area contributed by atoms with Gasteiger partial charge >= 0.3 is 0 Å². The molecule has 11 nitrogen and oxygen atoms in total. The molecule has 206 valence electrons. The molecular formula is C27H32FN7O4. The third-order valence-corrected chi connectivity index (χ3v) is 5.87. The van der Waals surface area contributed by atoms with E-state index in [1.807, 2.05) is 0 Å². The van der Waals surface area contributed by atoms with Crippen LogP contribution in [0.25, 0.3) is 22.4 Å². The molecule has 3 heterocycles. The van der Waals surface area contributed by atoms with Gasteiger partial charge < -0.3 is 24.8 Å². The van der Waals surface area contributed by atoms with Gasteiger partial charge in [0.15, 0.2) is 17.2 Å². The molecule has 39 heavy (non-hydrogen) atoms. The highest BCUT2D eigenvalue weighted by molar-refractivity contribution is 5.78. The number of amides is 1. The van der Waals surface area contributed by atoms with Crippen molar-refractivity contribution in [1.82, 2.24) is 30.0 Å². The molecule has 0 spiro atoms. The molecular weight excluding hydrogens is 505 g/mol. The van der Waals surface area contributed by atoms with Gasteiger partial charge in [0.1, 0.15) is 17.1 Å². The van der Waals surface area contributed by atoms with Crippen molar-refractivity contribution in [3.8, 4) is 22.8 Å². The fourth-order valence-electron chi connectivity index (χ4n) is 3.97.